The maximum Gasteiger partial charge on any atom is 0.340 e. The second-order valence-electron chi connectivity index (χ2n) is 7.24. The topological polar surface area (TPSA) is 38.8 Å². The molecule has 3 rings (SSSR count). The summed E-state index contributed by atoms with van der Waals surface area (Å²) in [6.45, 7) is 2.42. The number of benzene rings is 3. The number of esters is 1. The number of hydrogen-bond acceptors (Lipinski definition) is 4. The van der Waals surface area contributed by atoms with Gasteiger partial charge in [-0.3, -0.25) is 4.90 Å². The van der Waals surface area contributed by atoms with Gasteiger partial charge in [0.1, 0.15) is 5.75 Å². The second kappa shape index (κ2) is 9.39. The Labute approximate surface area is 172 Å². The van der Waals surface area contributed by atoms with E-state index in [2.05, 4.69) is 0 Å². The fraction of sp³-hybridized carbons (Fsp3) is 0.240. The third-order valence-corrected chi connectivity index (χ3v) is 5.02. The predicted octanol–water partition coefficient (Wildman–Crippen LogP) is 4.97. The molecule has 0 aliphatic rings. The molecular formula is C25H27NO3. The summed E-state index contributed by atoms with van der Waals surface area (Å²) < 4.78 is 12.2. The minimum atomic E-state index is -0.983. The maximum atomic E-state index is 13.0. The summed E-state index contributed by atoms with van der Waals surface area (Å²) in [4.78, 5) is 15.0. The van der Waals surface area contributed by atoms with Crippen LogP contribution in [0.15, 0.2) is 91.0 Å². The molecule has 0 saturated carbocycles. The van der Waals surface area contributed by atoms with Gasteiger partial charge in [0.25, 0.3) is 0 Å². The van der Waals surface area contributed by atoms with Crippen molar-refractivity contribution in [3.8, 4) is 5.75 Å². The average molecular weight is 389 g/mol. The van der Waals surface area contributed by atoms with Gasteiger partial charge in [-0.1, -0.05) is 73.7 Å². The Morgan fingerprint density at radius 1 is 0.862 bits per heavy atom. The highest BCUT2D eigenvalue weighted by Gasteiger charge is 2.45. The van der Waals surface area contributed by atoms with E-state index in [9.17, 15) is 4.79 Å². The van der Waals surface area contributed by atoms with Crippen LogP contribution in [0, 0.1) is 5.92 Å². The van der Waals surface area contributed by atoms with Gasteiger partial charge in [-0.05, 0) is 38.4 Å². The zero-order valence-electron chi connectivity index (χ0n) is 17.1. The third kappa shape index (κ3) is 4.66. The number of para-hydroxylation sites is 1. The monoisotopic (exact) mass is 389 g/mol. The minimum Gasteiger partial charge on any atom is -0.493 e. The lowest BCUT2D eigenvalue weighted by Gasteiger charge is -2.43. The van der Waals surface area contributed by atoms with E-state index in [0.717, 1.165) is 11.3 Å². The summed E-state index contributed by atoms with van der Waals surface area (Å²) in [5, 5.41) is 0. The summed E-state index contributed by atoms with van der Waals surface area (Å²) in [6, 6.07) is 28.6. The van der Waals surface area contributed by atoms with Crippen LogP contribution in [-0.2, 0) is 10.5 Å². The van der Waals surface area contributed by atoms with Gasteiger partial charge in [-0.2, -0.15) is 0 Å². The van der Waals surface area contributed by atoms with E-state index in [1.807, 2.05) is 105 Å². The smallest absolute Gasteiger partial charge is 0.340 e. The molecule has 0 radical (unpaired) electrons. The zero-order valence-corrected chi connectivity index (χ0v) is 17.1. The van der Waals surface area contributed by atoms with Crippen LogP contribution in [0.25, 0.3) is 0 Å². The van der Waals surface area contributed by atoms with E-state index in [1.165, 1.54) is 0 Å². The summed E-state index contributed by atoms with van der Waals surface area (Å²) in [6.07, 6.45) is 0. The Morgan fingerprint density at radius 2 is 1.38 bits per heavy atom. The SMILES string of the molecule is CC(COc1ccccc1)C(OC(=O)c1ccccc1)(c1ccccc1)N(C)C. The van der Waals surface area contributed by atoms with Gasteiger partial charge in [0.2, 0.25) is 0 Å². The number of carbonyl (C=O) groups excluding carboxylic acids is 1. The summed E-state index contributed by atoms with van der Waals surface area (Å²) in [5.74, 6) is 0.275. The van der Waals surface area contributed by atoms with E-state index in [0.29, 0.717) is 12.2 Å². The van der Waals surface area contributed by atoms with Crippen molar-refractivity contribution in [3.05, 3.63) is 102 Å². The fourth-order valence-electron chi connectivity index (χ4n) is 3.54. The molecule has 0 fully saturated rings. The summed E-state index contributed by atoms with van der Waals surface area (Å²) in [5.41, 5.74) is 0.437. The normalized spacial score (nSPS) is 14.1. The van der Waals surface area contributed by atoms with E-state index < -0.39 is 5.72 Å². The molecule has 29 heavy (non-hydrogen) atoms. The largest absolute Gasteiger partial charge is 0.493 e. The standard InChI is InChI=1S/C25H27NO3/c1-20(19-28-23-17-11-6-12-18-23)25(26(2)3,22-15-9-5-10-16-22)29-24(27)21-13-7-4-8-14-21/h4-18,20H,19H2,1-3H3. The molecule has 3 aromatic rings. The van der Waals surface area contributed by atoms with Crippen molar-refractivity contribution in [2.75, 3.05) is 20.7 Å². The van der Waals surface area contributed by atoms with Crippen molar-refractivity contribution in [1.29, 1.82) is 0 Å². The number of rotatable bonds is 8. The molecule has 0 amide bonds. The van der Waals surface area contributed by atoms with Crippen LogP contribution in [0.5, 0.6) is 5.75 Å². The van der Waals surface area contributed by atoms with Gasteiger partial charge >= 0.3 is 5.97 Å². The van der Waals surface area contributed by atoms with Gasteiger partial charge in [0.05, 0.1) is 12.2 Å². The molecule has 0 bridgehead atoms. The Balaban J connectivity index is 1.94. The second-order valence-corrected chi connectivity index (χ2v) is 7.24. The summed E-state index contributed by atoms with van der Waals surface area (Å²) in [7, 11) is 3.84. The summed E-state index contributed by atoms with van der Waals surface area (Å²) >= 11 is 0. The first-order chi connectivity index (χ1) is 14.0. The van der Waals surface area contributed by atoms with Gasteiger partial charge in [-0.25, -0.2) is 4.79 Å². The molecule has 0 saturated heterocycles. The van der Waals surface area contributed by atoms with Gasteiger partial charge in [-0.15, -0.1) is 0 Å². The Kier molecular flexibility index (Phi) is 6.68. The third-order valence-electron chi connectivity index (χ3n) is 5.02. The van der Waals surface area contributed by atoms with Crippen LogP contribution >= 0.6 is 0 Å². The van der Waals surface area contributed by atoms with Crippen molar-refractivity contribution in [3.63, 3.8) is 0 Å². The van der Waals surface area contributed by atoms with Crippen LogP contribution in [0.4, 0.5) is 0 Å². The van der Waals surface area contributed by atoms with E-state index in [-0.39, 0.29) is 11.9 Å². The highest BCUT2D eigenvalue weighted by atomic mass is 16.6. The molecule has 0 aromatic heterocycles. The number of ether oxygens (including phenoxy) is 2. The first-order valence-corrected chi connectivity index (χ1v) is 9.73. The molecule has 4 nitrogen and oxygen atoms in total. The van der Waals surface area contributed by atoms with E-state index in [1.54, 1.807) is 12.1 Å². The van der Waals surface area contributed by atoms with Crippen LogP contribution in [-0.4, -0.2) is 31.6 Å². The Hall–Kier alpha value is -3.11. The highest BCUT2D eigenvalue weighted by molar-refractivity contribution is 5.89. The van der Waals surface area contributed by atoms with Gasteiger partial charge in [0.15, 0.2) is 5.72 Å². The van der Waals surface area contributed by atoms with Crippen molar-refractivity contribution < 1.29 is 14.3 Å². The quantitative estimate of drug-likeness (QED) is 0.403. The van der Waals surface area contributed by atoms with E-state index in [4.69, 9.17) is 9.47 Å². The molecule has 0 aliphatic heterocycles. The Morgan fingerprint density at radius 3 is 1.93 bits per heavy atom. The van der Waals surface area contributed by atoms with Gasteiger partial charge in [0, 0.05) is 11.5 Å². The first-order valence-electron chi connectivity index (χ1n) is 9.73. The molecule has 0 heterocycles. The number of hydrogen-bond donors (Lipinski definition) is 0. The van der Waals surface area contributed by atoms with Crippen LogP contribution in [0.2, 0.25) is 0 Å². The lowest BCUT2D eigenvalue weighted by Crippen LogP contribution is -2.52. The molecule has 0 aliphatic carbocycles. The molecular weight excluding hydrogens is 362 g/mol. The highest BCUT2D eigenvalue weighted by Crippen LogP contribution is 2.37. The zero-order chi connectivity index (χ0) is 20.7. The minimum absolute atomic E-state index is 0.146. The number of nitrogens with zero attached hydrogens (tertiary/aromatic N) is 1. The molecule has 3 aromatic carbocycles. The van der Waals surface area contributed by atoms with Crippen molar-refractivity contribution in [1.82, 2.24) is 4.90 Å². The number of carbonyl (C=O) groups is 1. The van der Waals surface area contributed by atoms with Crippen molar-refractivity contribution in [2.45, 2.75) is 12.6 Å². The van der Waals surface area contributed by atoms with Gasteiger partial charge < -0.3 is 9.47 Å². The lowest BCUT2D eigenvalue weighted by atomic mass is 9.89. The van der Waals surface area contributed by atoms with Crippen LogP contribution in [0.3, 0.4) is 0 Å². The molecule has 150 valence electrons. The maximum absolute atomic E-state index is 13.0. The Bertz CT molecular complexity index is 897. The molecule has 0 N–H and O–H groups in total. The van der Waals surface area contributed by atoms with Crippen molar-refractivity contribution in [2.24, 2.45) is 5.92 Å². The molecule has 2 unspecified atom stereocenters. The predicted molar refractivity (Wildman–Crippen MR) is 115 cm³/mol. The average Bonchev–Trinajstić information content (AvgIpc) is 2.77. The molecule has 4 heteroatoms. The fourth-order valence-corrected chi connectivity index (χ4v) is 3.54. The lowest BCUT2D eigenvalue weighted by molar-refractivity contribution is -0.147. The molecule has 0 spiro atoms. The van der Waals surface area contributed by atoms with Crippen molar-refractivity contribution >= 4 is 5.97 Å². The van der Waals surface area contributed by atoms with Crippen LogP contribution in [0.1, 0.15) is 22.8 Å². The first kappa shape index (κ1) is 20.6. The van der Waals surface area contributed by atoms with E-state index >= 15 is 0 Å². The molecule has 2 atom stereocenters. The van der Waals surface area contributed by atoms with Crippen LogP contribution < -0.4 is 4.74 Å².